The highest BCUT2D eigenvalue weighted by atomic mass is 16.3. The van der Waals surface area contributed by atoms with E-state index in [-0.39, 0.29) is 39.6 Å². The number of likely N-dealkylation sites (N-methyl/N-ethyl adjacent to an activating group) is 1. The molecule has 158 valence electrons. The number of hydrogen-bond donors (Lipinski definition) is 2. The summed E-state index contributed by atoms with van der Waals surface area (Å²) >= 11 is 0. The Bertz CT molecular complexity index is 1010. The van der Waals surface area contributed by atoms with Gasteiger partial charge in [-0.1, -0.05) is 0 Å². The molecule has 0 saturated carbocycles. The zero-order valence-electron chi connectivity index (χ0n) is 17.9. The van der Waals surface area contributed by atoms with Crippen LogP contribution in [0, 0.1) is 0 Å². The molecule has 0 aliphatic heterocycles. The Labute approximate surface area is 177 Å². The predicted molar refractivity (Wildman–Crippen MR) is 118 cm³/mol. The number of carbonyl (C=O) groups excluding carboxylic acids is 2. The van der Waals surface area contributed by atoms with Crippen molar-refractivity contribution in [2.45, 2.75) is 27.7 Å². The van der Waals surface area contributed by atoms with E-state index in [1.807, 2.05) is 38.7 Å². The summed E-state index contributed by atoms with van der Waals surface area (Å²) < 4.78 is 0. The fraction of sp³-hybridized carbons (Fsp3) is 0.333. The van der Waals surface area contributed by atoms with E-state index >= 15 is 0 Å². The summed E-state index contributed by atoms with van der Waals surface area (Å²) in [5.41, 5.74) is 2.12. The number of carbonyl (C=O) groups is 2. The number of benzene rings is 1. The number of aliphatic hydroxyl groups excluding tert-OH is 1. The molecule has 0 amide bonds. The number of nitrogens with zero attached hydrogens (tertiary/aromatic N) is 2. The average Bonchev–Trinajstić information content (AvgIpc) is 2.73. The standard InChI is InChI=1S/C24H28N2O4/c1-5-25(6-2)15-9-11-17(19(27)13-15)21-23(29)22(24(21)30)18-12-10-16(14-20(18)28)26(7-3)8-4/h9-14,27,29H,5-8H2,1-4H3/b22-18+. The first-order valence-electron chi connectivity index (χ1n) is 10.4. The second-order valence-electron chi connectivity index (χ2n) is 7.15. The van der Waals surface area contributed by atoms with Gasteiger partial charge in [-0.05, 0) is 52.0 Å². The molecule has 0 spiro atoms. The molecule has 0 unspecified atom stereocenters. The molecule has 6 nitrogen and oxygen atoms in total. The Hall–Kier alpha value is -3.28. The number of aliphatic hydroxyl groups is 1. The minimum atomic E-state index is -0.439. The van der Waals surface area contributed by atoms with Gasteiger partial charge in [0.2, 0.25) is 5.78 Å². The van der Waals surface area contributed by atoms with Crippen LogP contribution < -0.4 is 4.90 Å². The van der Waals surface area contributed by atoms with E-state index in [0.717, 1.165) is 37.6 Å². The number of ketones is 2. The first-order chi connectivity index (χ1) is 14.4. The van der Waals surface area contributed by atoms with Gasteiger partial charge in [0.1, 0.15) is 11.5 Å². The largest absolute Gasteiger partial charge is 0.507 e. The monoisotopic (exact) mass is 408 g/mol. The highest BCUT2D eigenvalue weighted by Gasteiger charge is 2.39. The van der Waals surface area contributed by atoms with Crippen LogP contribution in [0.5, 0.6) is 5.75 Å². The van der Waals surface area contributed by atoms with Crippen LogP contribution in [0.15, 0.2) is 59.0 Å². The molecule has 0 bridgehead atoms. The Balaban J connectivity index is 1.95. The highest BCUT2D eigenvalue weighted by molar-refractivity contribution is 6.41. The number of Topliss-reactive ketones (excluding diaryl/α,β-unsaturated/α-hetero) is 1. The van der Waals surface area contributed by atoms with Gasteiger partial charge in [0.05, 0.1) is 11.1 Å². The molecule has 0 atom stereocenters. The van der Waals surface area contributed by atoms with E-state index in [1.54, 1.807) is 24.3 Å². The molecule has 0 heterocycles. The van der Waals surface area contributed by atoms with Crippen LogP contribution in [0.4, 0.5) is 5.69 Å². The second-order valence-corrected chi connectivity index (χ2v) is 7.15. The summed E-state index contributed by atoms with van der Waals surface area (Å²) in [5.74, 6) is -1.08. The third-order valence-electron chi connectivity index (χ3n) is 5.67. The van der Waals surface area contributed by atoms with Crippen molar-refractivity contribution in [3.63, 3.8) is 0 Å². The number of anilines is 1. The van der Waals surface area contributed by atoms with Crippen LogP contribution in [0.25, 0.3) is 5.57 Å². The van der Waals surface area contributed by atoms with Gasteiger partial charge in [-0.15, -0.1) is 0 Å². The topological polar surface area (TPSA) is 81.1 Å². The smallest absolute Gasteiger partial charge is 0.202 e. The summed E-state index contributed by atoms with van der Waals surface area (Å²) in [6.45, 7) is 11.2. The first-order valence-corrected chi connectivity index (χ1v) is 10.4. The van der Waals surface area contributed by atoms with Crippen molar-refractivity contribution in [2.24, 2.45) is 0 Å². The number of aromatic hydroxyl groups is 1. The van der Waals surface area contributed by atoms with Gasteiger partial charge >= 0.3 is 0 Å². The van der Waals surface area contributed by atoms with E-state index < -0.39 is 5.78 Å². The molecule has 2 aliphatic carbocycles. The molecule has 1 aromatic carbocycles. The third-order valence-corrected chi connectivity index (χ3v) is 5.67. The molecule has 3 rings (SSSR count). The van der Waals surface area contributed by atoms with Crippen LogP contribution in [0.3, 0.4) is 0 Å². The summed E-state index contributed by atoms with van der Waals surface area (Å²) in [5, 5.41) is 21.1. The Morgan fingerprint density at radius 2 is 1.47 bits per heavy atom. The number of phenolic OH excluding ortho intramolecular Hbond substituents is 1. The van der Waals surface area contributed by atoms with Gasteiger partial charge in [0, 0.05) is 60.8 Å². The first kappa shape index (κ1) is 21.4. The summed E-state index contributed by atoms with van der Waals surface area (Å²) in [6.07, 6.45) is 4.86. The molecule has 0 saturated heterocycles. The van der Waals surface area contributed by atoms with Crippen molar-refractivity contribution in [2.75, 3.05) is 31.1 Å². The molecule has 0 aromatic heterocycles. The quantitative estimate of drug-likeness (QED) is 0.669. The van der Waals surface area contributed by atoms with Gasteiger partial charge in [0.25, 0.3) is 0 Å². The number of phenols is 1. The van der Waals surface area contributed by atoms with Gasteiger partial charge < -0.3 is 20.0 Å². The predicted octanol–water partition coefficient (Wildman–Crippen LogP) is 3.75. The lowest BCUT2D eigenvalue weighted by Crippen LogP contribution is -2.27. The molecule has 0 fully saturated rings. The van der Waals surface area contributed by atoms with E-state index in [9.17, 15) is 19.8 Å². The number of rotatable bonds is 7. The SMILES string of the molecule is CCN(CC)C1=CC(=O)/C(=C2/C(=O)C(c3ccc(N(CC)CC)cc3O)=C2O)C=C1. The average molecular weight is 408 g/mol. The summed E-state index contributed by atoms with van der Waals surface area (Å²) in [4.78, 5) is 29.5. The Morgan fingerprint density at radius 3 is 1.97 bits per heavy atom. The molecular formula is C24H28N2O4. The van der Waals surface area contributed by atoms with Crippen molar-refractivity contribution >= 4 is 22.8 Å². The van der Waals surface area contributed by atoms with E-state index in [0.29, 0.717) is 0 Å². The molecule has 1 aromatic rings. The van der Waals surface area contributed by atoms with Crippen molar-refractivity contribution in [3.8, 4) is 5.75 Å². The van der Waals surface area contributed by atoms with Crippen LogP contribution in [0.2, 0.25) is 0 Å². The number of hydrogen-bond acceptors (Lipinski definition) is 6. The molecule has 0 radical (unpaired) electrons. The normalized spacial score (nSPS) is 18.5. The maximum absolute atomic E-state index is 12.8. The summed E-state index contributed by atoms with van der Waals surface area (Å²) in [7, 11) is 0. The van der Waals surface area contributed by atoms with Gasteiger partial charge in [-0.25, -0.2) is 0 Å². The minimum absolute atomic E-state index is 0.00770. The molecule has 2 aliphatic rings. The van der Waals surface area contributed by atoms with Crippen molar-refractivity contribution in [1.82, 2.24) is 4.90 Å². The van der Waals surface area contributed by atoms with Crippen LogP contribution >= 0.6 is 0 Å². The fourth-order valence-corrected chi connectivity index (χ4v) is 3.92. The molecular weight excluding hydrogens is 380 g/mol. The van der Waals surface area contributed by atoms with E-state index in [4.69, 9.17) is 0 Å². The maximum atomic E-state index is 12.8. The second kappa shape index (κ2) is 8.61. The third kappa shape index (κ3) is 3.54. The maximum Gasteiger partial charge on any atom is 0.202 e. The van der Waals surface area contributed by atoms with Gasteiger partial charge in [-0.2, -0.15) is 0 Å². The van der Waals surface area contributed by atoms with Crippen molar-refractivity contribution in [3.05, 3.63) is 64.6 Å². The lowest BCUT2D eigenvalue weighted by atomic mass is 9.79. The van der Waals surface area contributed by atoms with Crippen LogP contribution in [-0.4, -0.2) is 52.9 Å². The zero-order valence-corrected chi connectivity index (χ0v) is 17.9. The zero-order chi connectivity index (χ0) is 22.0. The summed E-state index contributed by atoms with van der Waals surface area (Å²) in [6, 6.07) is 5.03. The lowest BCUT2D eigenvalue weighted by Gasteiger charge is -2.27. The Morgan fingerprint density at radius 1 is 0.833 bits per heavy atom. The molecule has 6 heteroatoms. The van der Waals surface area contributed by atoms with Gasteiger partial charge in [-0.3, -0.25) is 9.59 Å². The lowest BCUT2D eigenvalue weighted by molar-refractivity contribution is -0.114. The molecule has 30 heavy (non-hydrogen) atoms. The Kier molecular flexibility index (Phi) is 6.15. The van der Waals surface area contributed by atoms with E-state index in [2.05, 4.69) is 4.90 Å². The number of allylic oxidation sites excluding steroid dienone is 6. The van der Waals surface area contributed by atoms with E-state index in [1.165, 1.54) is 6.08 Å². The van der Waals surface area contributed by atoms with Gasteiger partial charge in [0.15, 0.2) is 5.78 Å². The van der Waals surface area contributed by atoms with Crippen LogP contribution in [-0.2, 0) is 9.59 Å². The van der Waals surface area contributed by atoms with Crippen LogP contribution in [0.1, 0.15) is 33.3 Å². The fourth-order valence-electron chi connectivity index (χ4n) is 3.92. The minimum Gasteiger partial charge on any atom is -0.507 e. The van der Waals surface area contributed by atoms with Crippen molar-refractivity contribution in [1.29, 1.82) is 0 Å². The molecule has 2 N–H and O–H groups in total. The van der Waals surface area contributed by atoms with Crippen molar-refractivity contribution < 1.29 is 19.8 Å². The highest BCUT2D eigenvalue weighted by Crippen LogP contribution is 2.42.